The summed E-state index contributed by atoms with van der Waals surface area (Å²) in [5.41, 5.74) is -0.373. The van der Waals surface area contributed by atoms with Crippen LogP contribution in [0.1, 0.15) is 32.7 Å². The van der Waals surface area contributed by atoms with Gasteiger partial charge in [-0.25, -0.2) is 0 Å². The van der Waals surface area contributed by atoms with Gasteiger partial charge in [0.1, 0.15) is 5.41 Å². The van der Waals surface area contributed by atoms with Crippen molar-refractivity contribution in [2.45, 2.75) is 18.1 Å². The highest BCUT2D eigenvalue weighted by atomic mass is 16.5. The number of carbonyl (C=O) groups excluding carboxylic acids is 2. The van der Waals surface area contributed by atoms with E-state index in [9.17, 15) is 19.8 Å². The molecule has 4 heteroatoms. The van der Waals surface area contributed by atoms with Crippen molar-refractivity contribution in [2.75, 3.05) is 0 Å². The molecule has 2 aromatic rings. The molecule has 0 aliphatic heterocycles. The molecule has 106 valence electrons. The minimum Gasteiger partial charge on any atom is -0.368 e. The number of aliphatic hydroxyl groups is 2. The van der Waals surface area contributed by atoms with Crippen LogP contribution in [0.25, 0.3) is 0 Å². The monoisotopic (exact) mass is 282 g/mol. The lowest BCUT2D eigenvalue weighted by Gasteiger charge is -2.27. The molecule has 0 radical (unpaired) electrons. The van der Waals surface area contributed by atoms with Crippen LogP contribution in [-0.2, 0) is 5.41 Å². The molecule has 0 bridgehead atoms. The van der Waals surface area contributed by atoms with Gasteiger partial charge in [-0.3, -0.25) is 9.59 Å². The van der Waals surface area contributed by atoms with Gasteiger partial charge in [-0.15, -0.1) is 0 Å². The van der Waals surface area contributed by atoms with Crippen LogP contribution >= 0.6 is 0 Å². The maximum Gasteiger partial charge on any atom is 0.182 e. The van der Waals surface area contributed by atoms with E-state index in [0.29, 0.717) is 16.7 Å². The molecule has 1 aliphatic carbocycles. The molecule has 4 nitrogen and oxygen atoms in total. The zero-order valence-corrected chi connectivity index (χ0v) is 11.2. The summed E-state index contributed by atoms with van der Waals surface area (Å²) < 4.78 is 0. The smallest absolute Gasteiger partial charge is 0.182 e. The third kappa shape index (κ3) is 1.92. The quantitative estimate of drug-likeness (QED) is 0.664. The van der Waals surface area contributed by atoms with E-state index in [-0.39, 0.29) is 18.0 Å². The van der Waals surface area contributed by atoms with Gasteiger partial charge in [0.05, 0.1) is 0 Å². The Kier molecular flexibility index (Phi) is 3.20. The molecule has 1 aliphatic rings. The first-order valence-electron chi connectivity index (χ1n) is 6.67. The Hall–Kier alpha value is -2.30. The molecule has 0 saturated heterocycles. The third-order valence-corrected chi connectivity index (χ3v) is 3.95. The van der Waals surface area contributed by atoms with E-state index in [1.165, 1.54) is 0 Å². The number of carbonyl (C=O) groups is 2. The van der Waals surface area contributed by atoms with Gasteiger partial charge in [0.2, 0.25) is 0 Å². The highest BCUT2D eigenvalue weighted by Gasteiger charge is 2.54. The van der Waals surface area contributed by atoms with Crippen LogP contribution in [0.15, 0.2) is 54.6 Å². The molecule has 2 N–H and O–H groups in total. The molecular weight excluding hydrogens is 268 g/mol. The van der Waals surface area contributed by atoms with Gasteiger partial charge in [0.25, 0.3) is 0 Å². The van der Waals surface area contributed by atoms with E-state index < -0.39 is 11.7 Å². The minimum absolute atomic E-state index is 0.340. The molecule has 0 spiro atoms. The van der Waals surface area contributed by atoms with Crippen LogP contribution in [0.5, 0.6) is 0 Å². The Balaban J connectivity index is 2.24. The van der Waals surface area contributed by atoms with Crippen LogP contribution in [0.3, 0.4) is 0 Å². The molecule has 3 rings (SSSR count). The van der Waals surface area contributed by atoms with Crippen molar-refractivity contribution in [1.82, 2.24) is 0 Å². The molecule has 2 aromatic carbocycles. The number of hydrogen-bond acceptors (Lipinski definition) is 4. The van der Waals surface area contributed by atoms with Gasteiger partial charge in [0.15, 0.2) is 17.9 Å². The molecule has 0 heterocycles. The maximum atomic E-state index is 12.8. The van der Waals surface area contributed by atoms with Crippen molar-refractivity contribution in [3.8, 4) is 0 Å². The summed E-state index contributed by atoms with van der Waals surface area (Å²) in [6.07, 6.45) is -2.09. The van der Waals surface area contributed by atoms with Crippen molar-refractivity contribution in [2.24, 2.45) is 0 Å². The number of rotatable bonds is 3. The molecule has 0 unspecified atom stereocenters. The van der Waals surface area contributed by atoms with E-state index in [0.717, 1.165) is 0 Å². The standard InChI is InChI=1S/C17H14O4/c18-14(19)10-17(11-6-2-1-3-7-11)15(20)12-8-4-5-9-13(12)16(17)21/h1-9,14,18-19H,10H2. The highest BCUT2D eigenvalue weighted by molar-refractivity contribution is 6.33. The molecule has 0 saturated carbocycles. The summed E-state index contributed by atoms with van der Waals surface area (Å²) in [6.45, 7) is 0. The fraction of sp³-hybridized carbons (Fsp3) is 0.176. The van der Waals surface area contributed by atoms with E-state index >= 15 is 0 Å². The van der Waals surface area contributed by atoms with Crippen molar-refractivity contribution in [1.29, 1.82) is 0 Å². The second-order valence-corrected chi connectivity index (χ2v) is 5.16. The molecule has 0 atom stereocenters. The van der Waals surface area contributed by atoms with Gasteiger partial charge < -0.3 is 10.2 Å². The van der Waals surface area contributed by atoms with E-state index in [1.54, 1.807) is 54.6 Å². The number of Topliss-reactive ketones (excluding diaryl/α,β-unsaturated/α-hetero) is 2. The summed E-state index contributed by atoms with van der Waals surface area (Å²) in [4.78, 5) is 25.6. The summed E-state index contributed by atoms with van der Waals surface area (Å²) in [6, 6.07) is 15.2. The Labute approximate surface area is 121 Å². The van der Waals surface area contributed by atoms with Crippen LogP contribution in [0.4, 0.5) is 0 Å². The lowest BCUT2D eigenvalue weighted by Crippen LogP contribution is -2.41. The van der Waals surface area contributed by atoms with Crippen LogP contribution < -0.4 is 0 Å². The third-order valence-electron chi connectivity index (χ3n) is 3.95. The van der Waals surface area contributed by atoms with Gasteiger partial charge in [0, 0.05) is 17.5 Å². The normalized spacial score (nSPS) is 16.3. The Bertz CT molecular complexity index is 669. The van der Waals surface area contributed by atoms with Gasteiger partial charge >= 0.3 is 0 Å². The number of benzene rings is 2. The first-order chi connectivity index (χ1) is 10.1. The minimum atomic E-state index is -1.74. The van der Waals surface area contributed by atoms with Crippen LogP contribution in [-0.4, -0.2) is 28.1 Å². The van der Waals surface area contributed by atoms with Crippen molar-refractivity contribution < 1.29 is 19.8 Å². The number of ketones is 2. The predicted molar refractivity (Wildman–Crippen MR) is 76.1 cm³/mol. The lowest BCUT2D eigenvalue weighted by molar-refractivity contribution is -0.0547. The van der Waals surface area contributed by atoms with Crippen molar-refractivity contribution in [3.05, 3.63) is 71.3 Å². The lowest BCUT2D eigenvalue weighted by atomic mass is 9.73. The molecular formula is C17H14O4. The summed E-state index contributed by atoms with van der Waals surface area (Å²) in [7, 11) is 0. The number of hydrogen-bond donors (Lipinski definition) is 2. The second kappa shape index (κ2) is 4.91. The molecule has 21 heavy (non-hydrogen) atoms. The molecule has 0 aromatic heterocycles. The predicted octanol–water partition coefficient (Wildman–Crippen LogP) is 1.70. The van der Waals surface area contributed by atoms with Crippen LogP contribution in [0, 0.1) is 0 Å². The average Bonchev–Trinajstić information content (AvgIpc) is 2.71. The summed E-state index contributed by atoms with van der Waals surface area (Å²) in [5.74, 6) is -0.746. The molecule has 0 fully saturated rings. The Morgan fingerprint density at radius 3 is 1.76 bits per heavy atom. The average molecular weight is 282 g/mol. The summed E-state index contributed by atoms with van der Waals surface area (Å²) in [5, 5.41) is 18.8. The SMILES string of the molecule is O=C1c2ccccc2C(=O)C1(CC(O)O)c1ccccc1. The van der Waals surface area contributed by atoms with Gasteiger partial charge in [-0.1, -0.05) is 54.6 Å². The fourth-order valence-electron chi connectivity index (χ4n) is 3.00. The second-order valence-electron chi connectivity index (χ2n) is 5.16. The number of fused-ring (bicyclic) bond motifs is 1. The zero-order valence-electron chi connectivity index (χ0n) is 11.2. The van der Waals surface area contributed by atoms with E-state index in [1.807, 2.05) is 0 Å². The van der Waals surface area contributed by atoms with Crippen molar-refractivity contribution >= 4 is 11.6 Å². The topological polar surface area (TPSA) is 74.6 Å². The first-order valence-corrected chi connectivity index (χ1v) is 6.67. The largest absolute Gasteiger partial charge is 0.368 e. The van der Waals surface area contributed by atoms with E-state index in [4.69, 9.17) is 0 Å². The number of aliphatic hydroxyl groups excluding tert-OH is 1. The van der Waals surface area contributed by atoms with Crippen LogP contribution in [0.2, 0.25) is 0 Å². The molecule has 0 amide bonds. The first kappa shape index (κ1) is 13.7. The highest BCUT2D eigenvalue weighted by Crippen LogP contribution is 2.42. The van der Waals surface area contributed by atoms with Gasteiger partial charge in [-0.05, 0) is 5.56 Å². The Morgan fingerprint density at radius 2 is 1.29 bits per heavy atom. The zero-order chi connectivity index (χ0) is 15.0. The fourth-order valence-corrected chi connectivity index (χ4v) is 3.00. The Morgan fingerprint density at radius 1 is 0.810 bits per heavy atom. The van der Waals surface area contributed by atoms with Crippen molar-refractivity contribution in [3.63, 3.8) is 0 Å². The maximum absolute atomic E-state index is 12.8. The van der Waals surface area contributed by atoms with Gasteiger partial charge in [-0.2, -0.15) is 0 Å². The van der Waals surface area contributed by atoms with E-state index in [2.05, 4.69) is 0 Å². The summed E-state index contributed by atoms with van der Waals surface area (Å²) >= 11 is 0.